The van der Waals surface area contributed by atoms with Crippen LogP contribution in [0.1, 0.15) is 6.42 Å². The van der Waals surface area contributed by atoms with Crippen molar-refractivity contribution in [1.82, 2.24) is 9.88 Å². The molecule has 0 bridgehead atoms. The highest BCUT2D eigenvalue weighted by atomic mass is 19.3. The SMILES string of the molecule is FC1(F)CC1CN1CCN(c2ccc(N3CCNc4ccccc43)nc2)CC1. The standard InChI is InChI=1S/C21H25F2N5/c22-21(23)13-16(21)15-26-9-11-27(12-10-26)17-5-6-20(25-14-17)28-8-7-24-18-3-1-2-4-19(18)28/h1-6,14,16,24H,7-13,15H2. The van der Waals surface area contributed by atoms with E-state index in [0.29, 0.717) is 6.54 Å². The third kappa shape index (κ3) is 3.39. The monoisotopic (exact) mass is 385 g/mol. The van der Waals surface area contributed by atoms with Crippen molar-refractivity contribution < 1.29 is 8.78 Å². The summed E-state index contributed by atoms with van der Waals surface area (Å²) in [5, 5.41) is 3.42. The molecule has 2 aliphatic heterocycles. The fraction of sp³-hybridized carbons (Fsp3) is 0.476. The number of aromatic nitrogens is 1. The molecule has 0 spiro atoms. The largest absolute Gasteiger partial charge is 0.382 e. The van der Waals surface area contributed by atoms with Crippen molar-refractivity contribution in [3.63, 3.8) is 0 Å². The Labute approximate surface area is 164 Å². The average molecular weight is 385 g/mol. The number of halogens is 2. The van der Waals surface area contributed by atoms with Crippen LogP contribution in [0.15, 0.2) is 42.6 Å². The lowest BCUT2D eigenvalue weighted by Crippen LogP contribution is -2.47. The zero-order valence-electron chi connectivity index (χ0n) is 15.8. The number of fused-ring (bicyclic) bond motifs is 1. The first-order valence-corrected chi connectivity index (χ1v) is 10.0. The Hall–Kier alpha value is -2.41. The molecule has 0 amide bonds. The highest BCUT2D eigenvalue weighted by Gasteiger charge is 2.57. The van der Waals surface area contributed by atoms with E-state index in [2.05, 4.69) is 44.3 Å². The molecule has 3 heterocycles. The number of alkyl halides is 2. The average Bonchev–Trinajstić information content (AvgIpc) is 3.34. The van der Waals surface area contributed by atoms with Gasteiger partial charge in [0.2, 0.25) is 0 Å². The smallest absolute Gasteiger partial charge is 0.252 e. The molecule has 1 aromatic carbocycles. The van der Waals surface area contributed by atoms with Crippen LogP contribution in [0.4, 0.5) is 31.7 Å². The molecule has 0 radical (unpaired) electrons. The van der Waals surface area contributed by atoms with Gasteiger partial charge in [0.05, 0.1) is 23.3 Å². The molecule has 28 heavy (non-hydrogen) atoms. The highest BCUT2D eigenvalue weighted by molar-refractivity contribution is 5.77. The first-order valence-electron chi connectivity index (χ1n) is 10.0. The van der Waals surface area contributed by atoms with Gasteiger partial charge in [-0.3, -0.25) is 4.90 Å². The number of nitrogens with one attached hydrogen (secondary N) is 1. The van der Waals surface area contributed by atoms with Crippen molar-refractivity contribution in [3.8, 4) is 0 Å². The van der Waals surface area contributed by atoms with Crippen LogP contribution < -0.4 is 15.1 Å². The molecule has 1 saturated heterocycles. The van der Waals surface area contributed by atoms with Crippen LogP contribution >= 0.6 is 0 Å². The van der Waals surface area contributed by atoms with Gasteiger partial charge in [-0.15, -0.1) is 0 Å². The molecule has 148 valence electrons. The zero-order valence-corrected chi connectivity index (χ0v) is 15.8. The molecule has 1 unspecified atom stereocenters. The first kappa shape index (κ1) is 17.7. The Balaban J connectivity index is 1.22. The van der Waals surface area contributed by atoms with Crippen LogP contribution in [0, 0.1) is 5.92 Å². The van der Waals surface area contributed by atoms with Crippen molar-refractivity contribution in [2.45, 2.75) is 12.3 Å². The molecule has 1 atom stereocenters. The molecule has 1 aromatic heterocycles. The Morgan fingerprint density at radius 2 is 1.82 bits per heavy atom. The fourth-order valence-electron chi connectivity index (χ4n) is 4.21. The predicted octanol–water partition coefficient (Wildman–Crippen LogP) is 3.42. The molecule has 1 aliphatic carbocycles. The molecule has 3 aliphatic rings. The van der Waals surface area contributed by atoms with E-state index in [1.807, 2.05) is 18.3 Å². The Kier molecular flexibility index (Phi) is 4.34. The van der Waals surface area contributed by atoms with Gasteiger partial charge in [-0.25, -0.2) is 13.8 Å². The molecule has 2 fully saturated rings. The molecule has 5 nitrogen and oxygen atoms in total. The second-order valence-corrected chi connectivity index (χ2v) is 7.92. The molecule has 7 heteroatoms. The minimum Gasteiger partial charge on any atom is -0.382 e. The number of rotatable bonds is 4. The highest BCUT2D eigenvalue weighted by Crippen LogP contribution is 2.48. The van der Waals surface area contributed by atoms with E-state index in [-0.39, 0.29) is 6.42 Å². The predicted molar refractivity (Wildman–Crippen MR) is 108 cm³/mol. The number of hydrogen-bond acceptors (Lipinski definition) is 5. The van der Waals surface area contributed by atoms with E-state index in [1.54, 1.807) is 0 Å². The summed E-state index contributed by atoms with van der Waals surface area (Å²) in [6, 6.07) is 12.5. The number of piperazine rings is 1. The number of anilines is 4. The number of benzene rings is 1. The topological polar surface area (TPSA) is 34.6 Å². The Bertz CT molecular complexity index is 833. The van der Waals surface area contributed by atoms with Crippen molar-refractivity contribution in [3.05, 3.63) is 42.6 Å². The van der Waals surface area contributed by atoms with E-state index >= 15 is 0 Å². The van der Waals surface area contributed by atoms with E-state index in [0.717, 1.165) is 62.1 Å². The number of nitrogens with zero attached hydrogens (tertiary/aromatic N) is 4. The van der Waals surface area contributed by atoms with E-state index in [9.17, 15) is 8.78 Å². The third-order valence-electron chi connectivity index (χ3n) is 6.03. The van der Waals surface area contributed by atoms with Crippen molar-refractivity contribution in [2.75, 3.05) is 60.9 Å². The second kappa shape index (κ2) is 6.88. The van der Waals surface area contributed by atoms with Crippen molar-refractivity contribution >= 4 is 22.9 Å². The molecule has 1 saturated carbocycles. The number of para-hydroxylation sites is 2. The molecule has 2 aromatic rings. The van der Waals surface area contributed by atoms with E-state index < -0.39 is 11.8 Å². The van der Waals surface area contributed by atoms with Crippen LogP contribution in [-0.2, 0) is 0 Å². The summed E-state index contributed by atoms with van der Waals surface area (Å²) in [5.74, 6) is -1.89. The summed E-state index contributed by atoms with van der Waals surface area (Å²) in [4.78, 5) is 11.4. The minimum atomic E-state index is -2.42. The lowest BCUT2D eigenvalue weighted by molar-refractivity contribution is 0.0863. The normalized spacial score (nSPS) is 23.9. The quantitative estimate of drug-likeness (QED) is 0.872. The van der Waals surface area contributed by atoms with Gasteiger partial charge >= 0.3 is 0 Å². The summed E-state index contributed by atoms with van der Waals surface area (Å²) in [6.45, 7) is 5.68. The van der Waals surface area contributed by atoms with Gasteiger partial charge in [-0.1, -0.05) is 12.1 Å². The Morgan fingerprint density at radius 3 is 2.54 bits per heavy atom. The minimum absolute atomic E-state index is 0.0632. The van der Waals surface area contributed by atoms with Gasteiger partial charge in [-0.05, 0) is 24.3 Å². The van der Waals surface area contributed by atoms with Crippen LogP contribution in [0.3, 0.4) is 0 Å². The maximum Gasteiger partial charge on any atom is 0.252 e. The van der Waals surface area contributed by atoms with Crippen molar-refractivity contribution in [1.29, 1.82) is 0 Å². The first-order chi connectivity index (χ1) is 13.6. The lowest BCUT2D eigenvalue weighted by Gasteiger charge is -2.36. The van der Waals surface area contributed by atoms with Crippen LogP contribution in [0.25, 0.3) is 0 Å². The second-order valence-electron chi connectivity index (χ2n) is 7.92. The van der Waals surface area contributed by atoms with Crippen LogP contribution in [0.5, 0.6) is 0 Å². The summed E-state index contributed by atoms with van der Waals surface area (Å²) in [6.07, 6.45) is 2.00. The maximum absolute atomic E-state index is 13.1. The van der Waals surface area contributed by atoms with Crippen LogP contribution in [-0.4, -0.2) is 61.6 Å². The number of hydrogen-bond donors (Lipinski definition) is 1. The van der Waals surface area contributed by atoms with Gasteiger partial charge in [-0.2, -0.15) is 0 Å². The molecule has 1 N–H and O–H groups in total. The lowest BCUT2D eigenvalue weighted by atomic mass is 10.2. The summed E-state index contributed by atoms with van der Waals surface area (Å²) < 4.78 is 26.2. The van der Waals surface area contributed by atoms with Gasteiger partial charge < -0.3 is 15.1 Å². The Morgan fingerprint density at radius 1 is 1.04 bits per heavy atom. The van der Waals surface area contributed by atoms with E-state index in [1.165, 1.54) is 0 Å². The third-order valence-corrected chi connectivity index (χ3v) is 6.03. The van der Waals surface area contributed by atoms with Gasteiger partial charge in [0, 0.05) is 58.2 Å². The molecular weight excluding hydrogens is 360 g/mol. The number of pyridine rings is 1. The van der Waals surface area contributed by atoms with Crippen LogP contribution in [0.2, 0.25) is 0 Å². The van der Waals surface area contributed by atoms with Gasteiger partial charge in [0.1, 0.15) is 5.82 Å². The van der Waals surface area contributed by atoms with Gasteiger partial charge in [0.25, 0.3) is 5.92 Å². The van der Waals surface area contributed by atoms with E-state index in [4.69, 9.17) is 4.98 Å². The summed E-state index contributed by atoms with van der Waals surface area (Å²) in [5.41, 5.74) is 3.39. The maximum atomic E-state index is 13.1. The zero-order chi connectivity index (χ0) is 19.1. The van der Waals surface area contributed by atoms with Gasteiger partial charge in [0.15, 0.2) is 0 Å². The fourth-order valence-corrected chi connectivity index (χ4v) is 4.21. The van der Waals surface area contributed by atoms with Crippen molar-refractivity contribution in [2.24, 2.45) is 5.92 Å². The summed E-state index contributed by atoms with van der Waals surface area (Å²) in [7, 11) is 0. The summed E-state index contributed by atoms with van der Waals surface area (Å²) >= 11 is 0. The molecular formula is C21H25F2N5. The molecule has 5 rings (SSSR count).